The van der Waals surface area contributed by atoms with Crippen LogP contribution >= 0.6 is 11.6 Å². The Morgan fingerprint density at radius 2 is 1.88 bits per heavy atom. The van der Waals surface area contributed by atoms with Crippen LogP contribution in [0.2, 0.25) is 5.02 Å². The number of halogens is 1. The molecule has 0 radical (unpaired) electrons. The Kier molecular flexibility index (Phi) is 6.76. The van der Waals surface area contributed by atoms with Crippen LogP contribution in [0, 0.1) is 11.3 Å². The molecule has 0 fully saturated rings. The second kappa shape index (κ2) is 9.50. The molecule has 8 heteroatoms. The van der Waals surface area contributed by atoms with Crippen LogP contribution in [0.25, 0.3) is 11.3 Å². The second-order valence-corrected chi connectivity index (χ2v) is 7.75. The summed E-state index contributed by atoms with van der Waals surface area (Å²) in [4.78, 5) is 36.3. The van der Waals surface area contributed by atoms with E-state index in [1.807, 2.05) is 6.07 Å². The quantitative estimate of drug-likeness (QED) is 0.528. The molecule has 2 amide bonds. The van der Waals surface area contributed by atoms with Gasteiger partial charge < -0.3 is 15.1 Å². The Bertz CT molecular complexity index is 1210. The van der Waals surface area contributed by atoms with Crippen molar-refractivity contribution < 1.29 is 18.8 Å². The van der Waals surface area contributed by atoms with Gasteiger partial charge in [0.05, 0.1) is 34.2 Å². The normalized spacial score (nSPS) is 12.3. The van der Waals surface area contributed by atoms with Crippen LogP contribution in [0.3, 0.4) is 0 Å². The lowest BCUT2D eigenvalue weighted by molar-refractivity contribution is -0.121. The molecule has 0 saturated carbocycles. The zero-order chi connectivity index (χ0) is 23.3. The van der Waals surface area contributed by atoms with Gasteiger partial charge in [0.25, 0.3) is 5.91 Å². The summed E-state index contributed by atoms with van der Waals surface area (Å²) in [5, 5.41) is 14.7. The van der Waals surface area contributed by atoms with Crippen LogP contribution in [0.15, 0.2) is 59.0 Å². The Morgan fingerprint density at radius 3 is 2.47 bits per heavy atom. The molecule has 162 valence electrons. The van der Waals surface area contributed by atoms with E-state index in [-0.39, 0.29) is 28.7 Å². The van der Waals surface area contributed by atoms with E-state index in [1.54, 1.807) is 55.5 Å². The molecule has 1 atom stereocenters. The average molecular weight is 450 g/mol. The number of nitrogens with one attached hydrogen (secondary N) is 2. The predicted molar refractivity (Wildman–Crippen MR) is 119 cm³/mol. The fourth-order valence-corrected chi connectivity index (χ4v) is 3.49. The molecule has 1 aromatic heterocycles. The lowest BCUT2D eigenvalue weighted by atomic mass is 9.87. The third-order valence-electron chi connectivity index (χ3n) is 5.07. The summed E-state index contributed by atoms with van der Waals surface area (Å²) in [7, 11) is 1.51. The molecule has 0 unspecified atom stereocenters. The topological polar surface area (TPSA) is 112 Å². The van der Waals surface area contributed by atoms with E-state index in [0.717, 1.165) is 0 Å². The van der Waals surface area contributed by atoms with Gasteiger partial charge >= 0.3 is 0 Å². The number of amides is 2. The van der Waals surface area contributed by atoms with Crippen molar-refractivity contribution in [1.82, 2.24) is 10.6 Å². The van der Waals surface area contributed by atoms with Crippen molar-refractivity contribution in [1.29, 1.82) is 5.26 Å². The molecule has 3 aromatic rings. The summed E-state index contributed by atoms with van der Waals surface area (Å²) in [6.45, 7) is 1.72. The summed E-state index contributed by atoms with van der Waals surface area (Å²) in [5.74, 6) is -0.179. The maximum atomic E-state index is 13.2. The number of hydrogen-bond donors (Lipinski definition) is 2. The van der Waals surface area contributed by atoms with Crippen molar-refractivity contribution in [2.75, 3.05) is 7.05 Å². The highest BCUT2D eigenvalue weighted by Crippen LogP contribution is 2.29. The number of nitriles is 1. The van der Waals surface area contributed by atoms with Crippen molar-refractivity contribution in [3.8, 4) is 17.4 Å². The van der Waals surface area contributed by atoms with Gasteiger partial charge in [-0.2, -0.15) is 5.26 Å². The molecule has 2 aromatic carbocycles. The number of aldehydes is 1. The number of carbonyl (C=O) groups excluding carboxylic acids is 3. The van der Waals surface area contributed by atoms with Gasteiger partial charge in [0.1, 0.15) is 5.76 Å². The van der Waals surface area contributed by atoms with Crippen LogP contribution < -0.4 is 10.6 Å². The van der Waals surface area contributed by atoms with E-state index in [2.05, 4.69) is 10.6 Å². The maximum Gasteiger partial charge on any atom is 0.253 e. The minimum Gasteiger partial charge on any atom is -0.453 e. The van der Waals surface area contributed by atoms with Crippen molar-refractivity contribution in [3.63, 3.8) is 0 Å². The minimum absolute atomic E-state index is 0.0284. The Labute approximate surface area is 190 Å². The number of benzene rings is 2. The summed E-state index contributed by atoms with van der Waals surface area (Å²) in [6, 6.07) is 16.6. The van der Waals surface area contributed by atoms with E-state index < -0.39 is 11.4 Å². The number of nitrogens with zero attached hydrogens (tertiary/aromatic N) is 1. The Hall–Kier alpha value is -3.89. The molecule has 0 aliphatic rings. The molecule has 0 aliphatic heterocycles. The number of carbonyl (C=O) groups is 3. The first-order valence-electron chi connectivity index (χ1n) is 9.68. The van der Waals surface area contributed by atoms with E-state index >= 15 is 0 Å². The van der Waals surface area contributed by atoms with Gasteiger partial charge in [-0.1, -0.05) is 23.7 Å². The fraction of sp³-hybridized carbons (Fsp3) is 0.167. The van der Waals surface area contributed by atoms with E-state index in [1.165, 1.54) is 13.1 Å². The standard InChI is InChI=1S/C24H20ClN3O4/c1-24(12-22(30)27-2,17-6-3-15(13-26)4-7-17)28-23(31)19-11-16(5-9-20(19)25)21-10-8-18(14-29)32-21/h3-11,14H,12H2,1-2H3,(H,27,30)(H,28,31)/t24-/m1/s1. The summed E-state index contributed by atoms with van der Waals surface area (Å²) in [5.41, 5.74) is 0.803. The molecule has 1 heterocycles. The first-order chi connectivity index (χ1) is 15.3. The van der Waals surface area contributed by atoms with Crippen LogP contribution in [0.4, 0.5) is 0 Å². The maximum absolute atomic E-state index is 13.2. The van der Waals surface area contributed by atoms with Gasteiger partial charge in [-0.25, -0.2) is 0 Å². The molecular formula is C24H20ClN3O4. The highest BCUT2D eigenvalue weighted by Gasteiger charge is 2.32. The summed E-state index contributed by atoms with van der Waals surface area (Å²) in [6.07, 6.45) is 0.564. The fourth-order valence-electron chi connectivity index (χ4n) is 3.28. The lowest BCUT2D eigenvalue weighted by Gasteiger charge is -2.31. The predicted octanol–water partition coefficient (Wildman–Crippen LogP) is 4.07. The van der Waals surface area contributed by atoms with Crippen LogP contribution in [-0.4, -0.2) is 25.1 Å². The average Bonchev–Trinajstić information content (AvgIpc) is 3.28. The minimum atomic E-state index is -1.07. The van der Waals surface area contributed by atoms with Gasteiger partial charge in [0.15, 0.2) is 12.0 Å². The molecule has 0 saturated heterocycles. The first kappa shape index (κ1) is 22.8. The summed E-state index contributed by atoms with van der Waals surface area (Å²) >= 11 is 6.30. The number of furan rings is 1. The molecular weight excluding hydrogens is 430 g/mol. The zero-order valence-electron chi connectivity index (χ0n) is 17.4. The first-order valence-corrected chi connectivity index (χ1v) is 10.1. The van der Waals surface area contributed by atoms with Crippen molar-refractivity contribution >= 4 is 29.7 Å². The number of rotatable bonds is 7. The smallest absolute Gasteiger partial charge is 0.253 e. The molecule has 0 aliphatic carbocycles. The lowest BCUT2D eigenvalue weighted by Crippen LogP contribution is -2.46. The molecule has 2 N–H and O–H groups in total. The summed E-state index contributed by atoms with van der Waals surface area (Å²) < 4.78 is 5.43. The van der Waals surface area contributed by atoms with Crippen molar-refractivity contribution in [2.45, 2.75) is 18.9 Å². The highest BCUT2D eigenvalue weighted by molar-refractivity contribution is 6.34. The zero-order valence-corrected chi connectivity index (χ0v) is 18.2. The molecule has 0 spiro atoms. The van der Waals surface area contributed by atoms with Gasteiger partial charge in [-0.15, -0.1) is 0 Å². The van der Waals surface area contributed by atoms with Crippen molar-refractivity contribution in [2.24, 2.45) is 0 Å². The third-order valence-corrected chi connectivity index (χ3v) is 5.40. The molecule has 0 bridgehead atoms. The molecule has 32 heavy (non-hydrogen) atoms. The third kappa shape index (κ3) is 4.88. The highest BCUT2D eigenvalue weighted by atomic mass is 35.5. The molecule has 3 rings (SSSR count). The van der Waals surface area contributed by atoms with Gasteiger partial charge in [-0.05, 0) is 55.0 Å². The van der Waals surface area contributed by atoms with Crippen LogP contribution in [-0.2, 0) is 10.3 Å². The largest absolute Gasteiger partial charge is 0.453 e. The van der Waals surface area contributed by atoms with E-state index in [0.29, 0.717) is 28.7 Å². The Morgan fingerprint density at radius 1 is 1.16 bits per heavy atom. The van der Waals surface area contributed by atoms with Gasteiger partial charge in [0, 0.05) is 12.6 Å². The second-order valence-electron chi connectivity index (χ2n) is 7.34. The monoisotopic (exact) mass is 449 g/mol. The number of hydrogen-bond acceptors (Lipinski definition) is 5. The van der Waals surface area contributed by atoms with Gasteiger partial charge in [0.2, 0.25) is 5.91 Å². The van der Waals surface area contributed by atoms with Crippen LogP contribution in [0.5, 0.6) is 0 Å². The van der Waals surface area contributed by atoms with Gasteiger partial charge in [-0.3, -0.25) is 14.4 Å². The van der Waals surface area contributed by atoms with E-state index in [9.17, 15) is 14.4 Å². The van der Waals surface area contributed by atoms with Crippen molar-refractivity contribution in [3.05, 3.63) is 82.1 Å². The van der Waals surface area contributed by atoms with Crippen LogP contribution in [0.1, 0.15) is 45.4 Å². The van der Waals surface area contributed by atoms with E-state index in [4.69, 9.17) is 21.3 Å². The Balaban J connectivity index is 1.96. The molecule has 7 nitrogen and oxygen atoms in total. The SMILES string of the molecule is CNC(=O)C[C@@](C)(NC(=O)c1cc(-c2ccc(C=O)o2)ccc1Cl)c1ccc(C#N)cc1.